The summed E-state index contributed by atoms with van der Waals surface area (Å²) in [7, 11) is 1.50. The molecule has 3 aromatic rings. The van der Waals surface area contributed by atoms with Crippen LogP contribution in [0.3, 0.4) is 0 Å². The van der Waals surface area contributed by atoms with Crippen LogP contribution < -0.4 is 14.8 Å². The van der Waals surface area contributed by atoms with Gasteiger partial charge in [0, 0.05) is 5.02 Å². The number of nitrogens with one attached hydrogen (secondary N) is 1. The SMILES string of the molecule is COc1ccc(Cl)cc1NC(=O)c1cc(OCc2ccccc2)no1. The van der Waals surface area contributed by atoms with Crippen molar-refractivity contribution >= 4 is 23.2 Å². The highest BCUT2D eigenvalue weighted by atomic mass is 35.5. The molecule has 0 spiro atoms. The van der Waals surface area contributed by atoms with Crippen molar-refractivity contribution in [2.75, 3.05) is 12.4 Å². The Bertz CT molecular complexity index is 865. The van der Waals surface area contributed by atoms with Crippen LogP contribution in [-0.2, 0) is 6.61 Å². The predicted molar refractivity (Wildman–Crippen MR) is 93.2 cm³/mol. The third-order valence-corrected chi connectivity index (χ3v) is 3.59. The highest BCUT2D eigenvalue weighted by Gasteiger charge is 2.16. The lowest BCUT2D eigenvalue weighted by Crippen LogP contribution is -2.11. The molecule has 1 N–H and O–H groups in total. The third-order valence-electron chi connectivity index (χ3n) is 3.35. The molecular weight excluding hydrogens is 344 g/mol. The Balaban J connectivity index is 1.65. The van der Waals surface area contributed by atoms with E-state index < -0.39 is 5.91 Å². The molecule has 0 saturated carbocycles. The number of methoxy groups -OCH3 is 1. The van der Waals surface area contributed by atoms with Gasteiger partial charge in [0.2, 0.25) is 5.76 Å². The van der Waals surface area contributed by atoms with E-state index in [-0.39, 0.29) is 11.6 Å². The van der Waals surface area contributed by atoms with Gasteiger partial charge in [-0.15, -0.1) is 0 Å². The van der Waals surface area contributed by atoms with Crippen molar-refractivity contribution in [3.8, 4) is 11.6 Å². The smallest absolute Gasteiger partial charge is 0.294 e. The van der Waals surface area contributed by atoms with Gasteiger partial charge >= 0.3 is 0 Å². The molecule has 0 radical (unpaired) electrons. The van der Waals surface area contributed by atoms with Gasteiger partial charge in [0.1, 0.15) is 12.4 Å². The van der Waals surface area contributed by atoms with Gasteiger partial charge in [-0.05, 0) is 28.9 Å². The Morgan fingerprint density at radius 1 is 1.20 bits per heavy atom. The van der Waals surface area contributed by atoms with Gasteiger partial charge < -0.3 is 19.3 Å². The first-order valence-electron chi connectivity index (χ1n) is 7.44. The summed E-state index contributed by atoms with van der Waals surface area (Å²) in [5, 5.41) is 6.88. The summed E-state index contributed by atoms with van der Waals surface area (Å²) < 4.78 is 15.7. The van der Waals surface area contributed by atoms with Crippen LogP contribution in [0.4, 0.5) is 5.69 Å². The second-order valence-electron chi connectivity index (χ2n) is 5.10. The topological polar surface area (TPSA) is 73.6 Å². The third kappa shape index (κ3) is 4.30. The Morgan fingerprint density at radius 3 is 2.76 bits per heavy atom. The fourth-order valence-electron chi connectivity index (χ4n) is 2.13. The maximum absolute atomic E-state index is 12.3. The van der Waals surface area contributed by atoms with E-state index >= 15 is 0 Å². The Hall–Kier alpha value is -2.99. The number of aromatic nitrogens is 1. The summed E-state index contributed by atoms with van der Waals surface area (Å²) in [5.74, 6) is 0.248. The number of hydrogen-bond donors (Lipinski definition) is 1. The summed E-state index contributed by atoms with van der Waals surface area (Å²) in [4.78, 5) is 12.3. The van der Waals surface area contributed by atoms with E-state index in [1.165, 1.54) is 13.2 Å². The van der Waals surface area contributed by atoms with Crippen LogP contribution in [0.2, 0.25) is 5.02 Å². The van der Waals surface area contributed by atoms with Crippen molar-refractivity contribution in [2.45, 2.75) is 6.61 Å². The molecule has 2 aromatic carbocycles. The number of rotatable bonds is 6. The summed E-state index contributed by atoms with van der Waals surface area (Å²) in [5.41, 5.74) is 1.42. The number of amides is 1. The van der Waals surface area contributed by atoms with E-state index in [0.717, 1.165) is 5.56 Å². The second-order valence-corrected chi connectivity index (χ2v) is 5.54. The van der Waals surface area contributed by atoms with Gasteiger partial charge in [-0.3, -0.25) is 4.79 Å². The minimum Gasteiger partial charge on any atom is -0.495 e. The molecule has 1 aromatic heterocycles. The minimum atomic E-state index is -0.484. The first-order valence-corrected chi connectivity index (χ1v) is 7.82. The standard InChI is InChI=1S/C18H15ClN2O4/c1-23-15-8-7-13(19)9-14(15)20-18(22)16-10-17(21-25-16)24-11-12-5-3-2-4-6-12/h2-10H,11H2,1H3,(H,20,22). The summed E-state index contributed by atoms with van der Waals surface area (Å²) in [6.45, 7) is 0.330. The molecule has 0 atom stereocenters. The first kappa shape index (κ1) is 16.9. The van der Waals surface area contributed by atoms with Crippen LogP contribution in [0.25, 0.3) is 0 Å². The molecule has 7 heteroatoms. The van der Waals surface area contributed by atoms with Gasteiger partial charge in [0.25, 0.3) is 11.8 Å². The van der Waals surface area contributed by atoms with Gasteiger partial charge in [-0.1, -0.05) is 41.9 Å². The maximum Gasteiger partial charge on any atom is 0.294 e. The lowest BCUT2D eigenvalue weighted by molar-refractivity contribution is 0.0987. The molecule has 1 heterocycles. The van der Waals surface area contributed by atoms with Crippen molar-refractivity contribution in [3.63, 3.8) is 0 Å². The van der Waals surface area contributed by atoms with E-state index in [9.17, 15) is 4.79 Å². The number of carbonyl (C=O) groups excluding carboxylic acids is 1. The average molecular weight is 359 g/mol. The molecule has 128 valence electrons. The number of carbonyl (C=O) groups is 1. The maximum atomic E-state index is 12.3. The summed E-state index contributed by atoms with van der Waals surface area (Å²) >= 11 is 5.94. The van der Waals surface area contributed by atoms with Crippen molar-refractivity contribution in [1.82, 2.24) is 5.16 Å². The Kier molecular flexibility index (Phi) is 5.20. The molecule has 0 bridgehead atoms. The lowest BCUT2D eigenvalue weighted by atomic mass is 10.2. The van der Waals surface area contributed by atoms with E-state index in [0.29, 0.717) is 23.1 Å². The minimum absolute atomic E-state index is 0.0186. The van der Waals surface area contributed by atoms with Crippen LogP contribution in [0.5, 0.6) is 11.6 Å². The molecule has 0 fully saturated rings. The van der Waals surface area contributed by atoms with Crippen molar-refractivity contribution in [2.24, 2.45) is 0 Å². The number of anilines is 1. The fourth-order valence-corrected chi connectivity index (χ4v) is 2.30. The zero-order chi connectivity index (χ0) is 17.6. The molecule has 0 unspecified atom stereocenters. The molecule has 0 saturated heterocycles. The van der Waals surface area contributed by atoms with Crippen LogP contribution in [0.15, 0.2) is 59.1 Å². The van der Waals surface area contributed by atoms with Crippen molar-refractivity contribution < 1.29 is 18.8 Å². The Labute approximate surface area is 149 Å². The van der Waals surface area contributed by atoms with Crippen LogP contribution in [-0.4, -0.2) is 18.2 Å². The van der Waals surface area contributed by atoms with Gasteiger partial charge in [0.05, 0.1) is 18.9 Å². The molecule has 25 heavy (non-hydrogen) atoms. The quantitative estimate of drug-likeness (QED) is 0.716. The van der Waals surface area contributed by atoms with E-state index in [4.69, 9.17) is 25.6 Å². The van der Waals surface area contributed by atoms with Crippen molar-refractivity contribution in [1.29, 1.82) is 0 Å². The zero-order valence-corrected chi connectivity index (χ0v) is 14.1. The number of ether oxygens (including phenoxy) is 2. The van der Waals surface area contributed by atoms with Gasteiger partial charge in [-0.25, -0.2) is 0 Å². The van der Waals surface area contributed by atoms with Gasteiger partial charge in [-0.2, -0.15) is 0 Å². The summed E-state index contributed by atoms with van der Waals surface area (Å²) in [6.07, 6.45) is 0. The van der Waals surface area contributed by atoms with E-state index in [1.807, 2.05) is 30.3 Å². The normalized spacial score (nSPS) is 10.3. The largest absolute Gasteiger partial charge is 0.495 e. The first-order chi connectivity index (χ1) is 12.2. The number of benzene rings is 2. The van der Waals surface area contributed by atoms with Crippen molar-refractivity contribution in [3.05, 3.63) is 70.9 Å². The average Bonchev–Trinajstić information content (AvgIpc) is 3.10. The number of halogens is 1. The van der Waals surface area contributed by atoms with Crippen LogP contribution in [0, 0.1) is 0 Å². The number of hydrogen-bond acceptors (Lipinski definition) is 5. The molecule has 0 aliphatic rings. The Morgan fingerprint density at radius 2 is 2.00 bits per heavy atom. The van der Waals surface area contributed by atoms with Crippen LogP contribution >= 0.6 is 11.6 Å². The zero-order valence-electron chi connectivity index (χ0n) is 13.4. The fraction of sp³-hybridized carbons (Fsp3) is 0.111. The lowest BCUT2D eigenvalue weighted by Gasteiger charge is -2.09. The second kappa shape index (κ2) is 7.72. The molecule has 0 aliphatic heterocycles. The number of nitrogens with zero attached hydrogens (tertiary/aromatic N) is 1. The molecule has 6 nitrogen and oxygen atoms in total. The van der Waals surface area contributed by atoms with E-state index in [2.05, 4.69) is 10.5 Å². The van der Waals surface area contributed by atoms with E-state index in [1.54, 1.807) is 18.2 Å². The monoisotopic (exact) mass is 358 g/mol. The molecular formula is C18H15ClN2O4. The van der Waals surface area contributed by atoms with Gasteiger partial charge in [0.15, 0.2) is 0 Å². The van der Waals surface area contributed by atoms with Crippen LogP contribution in [0.1, 0.15) is 16.1 Å². The highest BCUT2D eigenvalue weighted by molar-refractivity contribution is 6.31. The predicted octanol–water partition coefficient (Wildman–Crippen LogP) is 4.17. The summed E-state index contributed by atoms with van der Waals surface area (Å²) in [6, 6.07) is 15.9. The molecule has 3 rings (SSSR count). The molecule has 1 amide bonds. The molecule has 0 aliphatic carbocycles. The highest BCUT2D eigenvalue weighted by Crippen LogP contribution is 2.28.